The fraction of sp³-hybridized carbons (Fsp3) is 0.286. The lowest BCUT2D eigenvalue weighted by Crippen LogP contribution is -2.41. The van der Waals surface area contributed by atoms with Gasteiger partial charge in [-0.15, -0.1) is 0 Å². The molecule has 134 valence electrons. The maximum atomic E-state index is 7.46. The lowest BCUT2D eigenvalue weighted by molar-refractivity contribution is 0.208. The summed E-state index contributed by atoms with van der Waals surface area (Å²) in [5.74, 6) is 0. The van der Waals surface area contributed by atoms with Gasteiger partial charge < -0.3 is 21.4 Å². The predicted molar refractivity (Wildman–Crippen MR) is 109 cm³/mol. The second kappa shape index (κ2) is 7.22. The number of H-pyrrole nitrogens is 1. The average Bonchev–Trinajstić information content (AvgIpc) is 3.11. The first kappa shape index (κ1) is 16.7. The van der Waals surface area contributed by atoms with Crippen molar-refractivity contribution in [2.45, 2.75) is 25.4 Å². The molecule has 0 radical (unpaired) electrons. The molecule has 0 amide bonds. The fourth-order valence-corrected chi connectivity index (χ4v) is 3.79. The van der Waals surface area contributed by atoms with Gasteiger partial charge in [0.2, 0.25) is 0 Å². The Morgan fingerprint density at radius 3 is 3.04 bits per heavy atom. The standard InChI is InChI=1S/C21H25N5/c22-12-17-11-18(5-6-20(17)23)25-19-2-1-9-26(14-19)13-15-3-4-16-7-8-24-21(16)10-15/h3-8,10-12,19,22,24-25H,1-2,9,13-14,23H2. The Hall–Kier alpha value is -2.79. The monoisotopic (exact) mass is 347 g/mol. The molecule has 5 heteroatoms. The lowest BCUT2D eigenvalue weighted by Gasteiger charge is -2.33. The van der Waals surface area contributed by atoms with Gasteiger partial charge in [-0.25, -0.2) is 0 Å². The first-order valence-electron chi connectivity index (χ1n) is 9.16. The maximum absolute atomic E-state index is 7.46. The molecule has 2 aromatic carbocycles. The summed E-state index contributed by atoms with van der Waals surface area (Å²) in [6.45, 7) is 3.13. The molecule has 0 spiro atoms. The van der Waals surface area contributed by atoms with Gasteiger partial charge in [0.15, 0.2) is 0 Å². The molecule has 1 unspecified atom stereocenters. The van der Waals surface area contributed by atoms with E-state index in [4.69, 9.17) is 11.1 Å². The minimum atomic E-state index is 0.417. The van der Waals surface area contributed by atoms with Gasteiger partial charge in [0, 0.05) is 54.0 Å². The van der Waals surface area contributed by atoms with E-state index in [2.05, 4.69) is 39.5 Å². The van der Waals surface area contributed by atoms with Crippen LogP contribution in [-0.2, 0) is 6.54 Å². The molecule has 5 N–H and O–H groups in total. The van der Waals surface area contributed by atoms with Crippen LogP contribution in [0.4, 0.5) is 11.4 Å². The number of nitrogen functional groups attached to an aromatic ring is 1. The number of anilines is 2. The van der Waals surface area contributed by atoms with Gasteiger partial charge in [-0.3, -0.25) is 4.90 Å². The van der Waals surface area contributed by atoms with Gasteiger partial charge in [0.25, 0.3) is 0 Å². The van der Waals surface area contributed by atoms with Crippen LogP contribution in [0.2, 0.25) is 0 Å². The van der Waals surface area contributed by atoms with Crippen LogP contribution in [0.1, 0.15) is 24.0 Å². The van der Waals surface area contributed by atoms with Crippen molar-refractivity contribution in [3.63, 3.8) is 0 Å². The highest BCUT2D eigenvalue weighted by atomic mass is 15.2. The summed E-state index contributed by atoms with van der Waals surface area (Å²) in [7, 11) is 0. The number of aromatic amines is 1. The summed E-state index contributed by atoms with van der Waals surface area (Å²) in [5, 5.41) is 12.3. The zero-order valence-corrected chi connectivity index (χ0v) is 14.8. The number of nitrogens with one attached hydrogen (secondary N) is 3. The Kier molecular flexibility index (Phi) is 4.63. The molecule has 26 heavy (non-hydrogen) atoms. The van der Waals surface area contributed by atoms with Crippen LogP contribution in [-0.4, -0.2) is 35.2 Å². The van der Waals surface area contributed by atoms with Crippen LogP contribution >= 0.6 is 0 Å². The number of piperidine rings is 1. The van der Waals surface area contributed by atoms with Crippen LogP contribution in [0.25, 0.3) is 10.9 Å². The van der Waals surface area contributed by atoms with Crippen molar-refractivity contribution in [1.82, 2.24) is 9.88 Å². The molecule has 1 aromatic heterocycles. The third-order valence-corrected chi connectivity index (χ3v) is 5.14. The molecular formula is C21H25N5. The summed E-state index contributed by atoms with van der Waals surface area (Å²) in [4.78, 5) is 5.81. The normalized spacial score (nSPS) is 18.1. The van der Waals surface area contributed by atoms with E-state index in [9.17, 15) is 0 Å². The highest BCUT2D eigenvalue weighted by molar-refractivity contribution is 5.86. The number of rotatable bonds is 5. The van der Waals surface area contributed by atoms with E-state index in [1.165, 1.54) is 29.1 Å². The van der Waals surface area contributed by atoms with E-state index in [1.54, 1.807) is 0 Å². The largest absolute Gasteiger partial charge is 0.398 e. The number of likely N-dealkylation sites (tertiary alicyclic amines) is 1. The van der Waals surface area contributed by atoms with Crippen molar-refractivity contribution in [2.75, 3.05) is 24.1 Å². The minimum Gasteiger partial charge on any atom is -0.398 e. The molecule has 0 aliphatic carbocycles. The first-order chi connectivity index (χ1) is 12.7. The number of fused-ring (bicyclic) bond motifs is 1. The van der Waals surface area contributed by atoms with Gasteiger partial charge in [0.1, 0.15) is 0 Å². The van der Waals surface area contributed by atoms with Gasteiger partial charge in [0.05, 0.1) is 0 Å². The summed E-state index contributed by atoms with van der Waals surface area (Å²) < 4.78 is 0. The molecule has 1 atom stereocenters. The minimum absolute atomic E-state index is 0.417. The number of aromatic nitrogens is 1. The van der Waals surface area contributed by atoms with Gasteiger partial charge in [-0.05, 0) is 60.7 Å². The fourth-order valence-electron chi connectivity index (χ4n) is 3.79. The molecule has 4 rings (SSSR count). The Bertz CT molecular complexity index is 914. The molecule has 1 fully saturated rings. The van der Waals surface area contributed by atoms with Crippen molar-refractivity contribution < 1.29 is 0 Å². The van der Waals surface area contributed by atoms with Crippen LogP contribution in [0, 0.1) is 5.41 Å². The molecule has 1 aliphatic heterocycles. The predicted octanol–water partition coefficient (Wildman–Crippen LogP) is 3.82. The van der Waals surface area contributed by atoms with E-state index in [0.717, 1.165) is 37.3 Å². The molecule has 5 nitrogen and oxygen atoms in total. The number of hydrogen-bond donors (Lipinski definition) is 4. The Morgan fingerprint density at radius 2 is 2.15 bits per heavy atom. The van der Waals surface area contributed by atoms with E-state index < -0.39 is 0 Å². The first-order valence-corrected chi connectivity index (χ1v) is 9.16. The zero-order chi connectivity index (χ0) is 17.9. The molecule has 0 saturated carbocycles. The highest BCUT2D eigenvalue weighted by Crippen LogP contribution is 2.22. The second-order valence-electron chi connectivity index (χ2n) is 7.11. The molecule has 0 bridgehead atoms. The van der Waals surface area contributed by atoms with E-state index >= 15 is 0 Å². The lowest BCUT2D eigenvalue weighted by atomic mass is 10.0. The second-order valence-corrected chi connectivity index (χ2v) is 7.11. The van der Waals surface area contributed by atoms with Crippen molar-refractivity contribution in [3.8, 4) is 0 Å². The number of hydrogen-bond acceptors (Lipinski definition) is 4. The van der Waals surface area contributed by atoms with Gasteiger partial charge in [-0.2, -0.15) is 0 Å². The smallest absolute Gasteiger partial charge is 0.0457 e. The number of nitrogens with zero attached hydrogens (tertiary/aromatic N) is 1. The number of nitrogens with two attached hydrogens (primary N) is 1. The van der Waals surface area contributed by atoms with Gasteiger partial charge in [-0.1, -0.05) is 12.1 Å². The van der Waals surface area contributed by atoms with Crippen LogP contribution < -0.4 is 11.1 Å². The topological polar surface area (TPSA) is 80.9 Å². The third-order valence-electron chi connectivity index (χ3n) is 5.14. The van der Waals surface area contributed by atoms with E-state index in [-0.39, 0.29) is 0 Å². The summed E-state index contributed by atoms with van der Waals surface area (Å²) >= 11 is 0. The third kappa shape index (κ3) is 3.58. The quantitative estimate of drug-likeness (QED) is 0.418. The van der Waals surface area contributed by atoms with Crippen molar-refractivity contribution >= 4 is 28.5 Å². The summed E-state index contributed by atoms with van der Waals surface area (Å²) in [5.41, 5.74) is 10.9. The van der Waals surface area contributed by atoms with E-state index in [1.807, 2.05) is 24.4 Å². The summed E-state index contributed by atoms with van der Waals surface area (Å²) in [6, 6.07) is 15.0. The zero-order valence-electron chi connectivity index (χ0n) is 14.8. The molecular weight excluding hydrogens is 322 g/mol. The molecule has 1 aliphatic rings. The SMILES string of the molecule is N=Cc1cc(NC2CCCN(Cc3ccc4cc[nH]c4c3)C2)ccc1N. The van der Waals surface area contributed by atoms with Crippen LogP contribution in [0.15, 0.2) is 48.7 Å². The van der Waals surface area contributed by atoms with Crippen molar-refractivity contribution in [1.29, 1.82) is 5.41 Å². The highest BCUT2D eigenvalue weighted by Gasteiger charge is 2.20. The molecule has 2 heterocycles. The molecule has 3 aromatic rings. The maximum Gasteiger partial charge on any atom is 0.0457 e. The average molecular weight is 347 g/mol. The van der Waals surface area contributed by atoms with Crippen molar-refractivity contribution in [3.05, 3.63) is 59.8 Å². The Morgan fingerprint density at radius 1 is 1.23 bits per heavy atom. The Labute approximate surface area is 153 Å². The van der Waals surface area contributed by atoms with Crippen molar-refractivity contribution in [2.24, 2.45) is 0 Å². The Balaban J connectivity index is 1.41. The van der Waals surface area contributed by atoms with Crippen LogP contribution in [0.3, 0.4) is 0 Å². The van der Waals surface area contributed by atoms with E-state index in [0.29, 0.717) is 11.7 Å². The van der Waals surface area contributed by atoms with Crippen LogP contribution in [0.5, 0.6) is 0 Å². The molecule has 1 saturated heterocycles. The summed E-state index contributed by atoms with van der Waals surface area (Å²) in [6.07, 6.45) is 5.65. The van der Waals surface area contributed by atoms with Gasteiger partial charge >= 0.3 is 0 Å². The number of benzene rings is 2.